The average molecular weight is 152 g/mol. The molecule has 0 N–H and O–H groups in total. The molecule has 0 unspecified atom stereocenters. The quantitative estimate of drug-likeness (QED) is 0.537. The van der Waals surface area contributed by atoms with E-state index in [4.69, 9.17) is 0 Å². The molecule has 0 radical (unpaired) electrons. The molecular formula is C11H20. The van der Waals surface area contributed by atoms with E-state index in [0.29, 0.717) is 0 Å². The lowest BCUT2D eigenvalue weighted by molar-refractivity contribution is 0.496. The van der Waals surface area contributed by atoms with E-state index in [2.05, 4.69) is 46.4 Å². The minimum Gasteiger partial charge on any atom is -0.0990 e. The van der Waals surface area contributed by atoms with Gasteiger partial charge in [0.05, 0.1) is 0 Å². The van der Waals surface area contributed by atoms with Crippen molar-refractivity contribution in [3.05, 3.63) is 24.3 Å². The highest BCUT2D eigenvalue weighted by Crippen LogP contribution is 2.26. The molecule has 0 aromatic rings. The molecule has 0 aliphatic rings. The third-order valence-corrected chi connectivity index (χ3v) is 1.83. The van der Waals surface area contributed by atoms with Crippen molar-refractivity contribution in [2.75, 3.05) is 0 Å². The Bertz CT molecular complexity index is 144. The number of hydrogen-bond donors (Lipinski definition) is 0. The molecule has 0 nitrogen and oxygen atoms in total. The Labute approximate surface area is 71.0 Å². The Morgan fingerprint density at radius 2 is 1.82 bits per heavy atom. The maximum atomic E-state index is 4.05. The largest absolute Gasteiger partial charge is 0.0990 e. The Hall–Kier alpha value is -0.520. The lowest BCUT2D eigenvalue weighted by atomic mass is 9.86. The molecular weight excluding hydrogens is 132 g/mol. The zero-order chi connectivity index (χ0) is 8.91. The SMILES string of the molecule is C=C(C/C=C\CC)C(C)(C)C. The van der Waals surface area contributed by atoms with Gasteiger partial charge in [0, 0.05) is 0 Å². The summed E-state index contributed by atoms with van der Waals surface area (Å²) in [6.45, 7) is 12.8. The molecule has 0 atom stereocenters. The molecule has 0 saturated heterocycles. The van der Waals surface area contributed by atoms with Gasteiger partial charge >= 0.3 is 0 Å². The molecule has 0 aliphatic carbocycles. The van der Waals surface area contributed by atoms with E-state index < -0.39 is 0 Å². The second-order valence-electron chi connectivity index (χ2n) is 3.94. The highest BCUT2D eigenvalue weighted by molar-refractivity contribution is 5.09. The van der Waals surface area contributed by atoms with Gasteiger partial charge in [-0.15, -0.1) is 0 Å². The fourth-order valence-corrected chi connectivity index (χ4v) is 0.698. The van der Waals surface area contributed by atoms with Crippen LogP contribution in [0.15, 0.2) is 24.3 Å². The van der Waals surface area contributed by atoms with Crippen LogP contribution in [0, 0.1) is 5.41 Å². The second-order valence-corrected chi connectivity index (χ2v) is 3.94. The van der Waals surface area contributed by atoms with Crippen molar-refractivity contribution in [1.29, 1.82) is 0 Å². The Morgan fingerprint density at radius 1 is 1.27 bits per heavy atom. The van der Waals surface area contributed by atoms with Crippen LogP contribution in [-0.4, -0.2) is 0 Å². The highest BCUT2D eigenvalue weighted by atomic mass is 14.2. The topological polar surface area (TPSA) is 0 Å². The zero-order valence-corrected chi connectivity index (χ0v) is 8.28. The molecule has 64 valence electrons. The van der Waals surface area contributed by atoms with Crippen LogP contribution in [0.2, 0.25) is 0 Å². The van der Waals surface area contributed by atoms with Gasteiger partial charge in [-0.1, -0.05) is 52.0 Å². The highest BCUT2D eigenvalue weighted by Gasteiger charge is 2.12. The van der Waals surface area contributed by atoms with Gasteiger partial charge in [0.1, 0.15) is 0 Å². The van der Waals surface area contributed by atoms with Gasteiger partial charge in [0.2, 0.25) is 0 Å². The van der Waals surface area contributed by atoms with Gasteiger partial charge in [-0.25, -0.2) is 0 Å². The Kier molecular flexibility index (Phi) is 4.17. The summed E-state index contributed by atoms with van der Waals surface area (Å²) < 4.78 is 0. The fraction of sp³-hybridized carbons (Fsp3) is 0.636. The molecule has 0 fully saturated rings. The van der Waals surface area contributed by atoms with Crippen LogP contribution in [0.4, 0.5) is 0 Å². The minimum absolute atomic E-state index is 0.262. The van der Waals surface area contributed by atoms with Crippen LogP contribution < -0.4 is 0 Å². The van der Waals surface area contributed by atoms with E-state index in [9.17, 15) is 0 Å². The lowest BCUT2D eigenvalue weighted by Crippen LogP contribution is -2.07. The Morgan fingerprint density at radius 3 is 2.18 bits per heavy atom. The van der Waals surface area contributed by atoms with Crippen LogP contribution in [0.5, 0.6) is 0 Å². The standard InChI is InChI=1S/C11H20/c1-6-7-8-9-10(2)11(3,4)5/h7-8H,2,6,9H2,1,3-5H3/b8-7-. The van der Waals surface area contributed by atoms with E-state index in [-0.39, 0.29) is 5.41 Å². The van der Waals surface area contributed by atoms with Crippen LogP contribution in [0.1, 0.15) is 40.5 Å². The molecule has 0 bridgehead atoms. The summed E-state index contributed by atoms with van der Waals surface area (Å²) in [7, 11) is 0. The van der Waals surface area contributed by atoms with E-state index in [1.54, 1.807) is 0 Å². The van der Waals surface area contributed by atoms with Crippen molar-refractivity contribution in [3.8, 4) is 0 Å². The molecule has 0 saturated carbocycles. The predicted molar refractivity (Wildman–Crippen MR) is 52.6 cm³/mol. The Balaban J connectivity index is 3.80. The normalized spacial score (nSPS) is 12.4. The van der Waals surface area contributed by atoms with Crippen molar-refractivity contribution in [3.63, 3.8) is 0 Å². The van der Waals surface area contributed by atoms with Crippen molar-refractivity contribution in [2.45, 2.75) is 40.5 Å². The lowest BCUT2D eigenvalue weighted by Gasteiger charge is -2.20. The first-order valence-electron chi connectivity index (χ1n) is 4.31. The smallest absolute Gasteiger partial charge is 0.0136 e. The van der Waals surface area contributed by atoms with E-state index in [1.165, 1.54) is 5.57 Å². The summed E-state index contributed by atoms with van der Waals surface area (Å²) >= 11 is 0. The first-order valence-corrected chi connectivity index (χ1v) is 4.31. The fourth-order valence-electron chi connectivity index (χ4n) is 0.698. The molecule has 0 heteroatoms. The van der Waals surface area contributed by atoms with E-state index >= 15 is 0 Å². The third-order valence-electron chi connectivity index (χ3n) is 1.83. The predicted octanol–water partition coefficient (Wildman–Crippen LogP) is 3.95. The summed E-state index contributed by atoms with van der Waals surface area (Å²) in [6, 6.07) is 0. The van der Waals surface area contributed by atoms with Gasteiger partial charge in [0.15, 0.2) is 0 Å². The van der Waals surface area contributed by atoms with Crippen LogP contribution in [-0.2, 0) is 0 Å². The van der Waals surface area contributed by atoms with Crippen molar-refractivity contribution < 1.29 is 0 Å². The molecule has 0 spiro atoms. The van der Waals surface area contributed by atoms with Crippen LogP contribution in [0.25, 0.3) is 0 Å². The second kappa shape index (κ2) is 4.38. The first kappa shape index (κ1) is 10.5. The average Bonchev–Trinajstić information content (AvgIpc) is 1.86. The summed E-state index contributed by atoms with van der Waals surface area (Å²) in [5.41, 5.74) is 1.57. The summed E-state index contributed by atoms with van der Waals surface area (Å²) in [5, 5.41) is 0. The first-order chi connectivity index (χ1) is 4.98. The van der Waals surface area contributed by atoms with Gasteiger partial charge in [-0.3, -0.25) is 0 Å². The van der Waals surface area contributed by atoms with E-state index in [0.717, 1.165) is 12.8 Å². The van der Waals surface area contributed by atoms with Gasteiger partial charge < -0.3 is 0 Å². The van der Waals surface area contributed by atoms with Crippen molar-refractivity contribution >= 4 is 0 Å². The van der Waals surface area contributed by atoms with Crippen molar-refractivity contribution in [1.82, 2.24) is 0 Å². The molecule has 0 rings (SSSR count). The van der Waals surface area contributed by atoms with Crippen LogP contribution >= 0.6 is 0 Å². The maximum Gasteiger partial charge on any atom is -0.0136 e. The van der Waals surface area contributed by atoms with Gasteiger partial charge in [-0.2, -0.15) is 0 Å². The zero-order valence-electron chi connectivity index (χ0n) is 8.28. The number of rotatable bonds is 3. The molecule has 0 heterocycles. The van der Waals surface area contributed by atoms with Gasteiger partial charge in [-0.05, 0) is 18.3 Å². The summed E-state index contributed by atoms with van der Waals surface area (Å²) in [6.07, 6.45) is 6.54. The number of allylic oxidation sites excluding steroid dienone is 3. The molecule has 0 aliphatic heterocycles. The minimum atomic E-state index is 0.262. The maximum absolute atomic E-state index is 4.05. The summed E-state index contributed by atoms with van der Waals surface area (Å²) in [4.78, 5) is 0. The third kappa shape index (κ3) is 4.83. The number of hydrogen-bond acceptors (Lipinski definition) is 0. The van der Waals surface area contributed by atoms with E-state index in [1.807, 2.05) is 0 Å². The summed E-state index contributed by atoms with van der Waals surface area (Å²) in [5.74, 6) is 0. The molecule has 0 amide bonds. The van der Waals surface area contributed by atoms with Crippen molar-refractivity contribution in [2.24, 2.45) is 5.41 Å². The molecule has 0 aromatic heterocycles. The van der Waals surface area contributed by atoms with Gasteiger partial charge in [0.25, 0.3) is 0 Å². The molecule has 11 heavy (non-hydrogen) atoms. The molecule has 0 aromatic carbocycles. The monoisotopic (exact) mass is 152 g/mol. The van der Waals surface area contributed by atoms with Crippen LogP contribution in [0.3, 0.4) is 0 Å².